The average Bonchev–Trinajstić information content (AvgIpc) is 3.06. The SMILES string of the molecule is O=C1[C@H]2[C@H](C(=O)N1c1ccc(F)cc1F)[C@H]1C=C[C@H]2C1. The molecule has 1 aromatic carbocycles. The molecule has 20 heavy (non-hydrogen) atoms. The van der Waals surface area contributed by atoms with Gasteiger partial charge in [0.25, 0.3) is 0 Å². The zero-order valence-electron chi connectivity index (χ0n) is 10.4. The second-order valence-corrected chi connectivity index (χ2v) is 5.61. The lowest BCUT2D eigenvalue weighted by Gasteiger charge is -2.17. The smallest absolute Gasteiger partial charge is 0.238 e. The Morgan fingerprint density at radius 1 is 1.00 bits per heavy atom. The molecule has 1 aliphatic heterocycles. The van der Waals surface area contributed by atoms with Gasteiger partial charge in [0.2, 0.25) is 11.8 Å². The largest absolute Gasteiger partial charge is 0.274 e. The van der Waals surface area contributed by atoms with Crippen LogP contribution in [0.1, 0.15) is 6.42 Å². The van der Waals surface area contributed by atoms with Gasteiger partial charge in [-0.1, -0.05) is 12.2 Å². The first-order valence-corrected chi connectivity index (χ1v) is 6.59. The van der Waals surface area contributed by atoms with Crippen LogP contribution < -0.4 is 4.90 Å². The van der Waals surface area contributed by atoms with Crippen molar-refractivity contribution in [2.45, 2.75) is 6.42 Å². The quantitative estimate of drug-likeness (QED) is 0.582. The van der Waals surface area contributed by atoms with Gasteiger partial charge in [0, 0.05) is 6.07 Å². The van der Waals surface area contributed by atoms with E-state index in [4.69, 9.17) is 0 Å². The molecule has 2 amide bonds. The third-order valence-corrected chi connectivity index (χ3v) is 4.62. The Bertz CT molecular complexity index is 640. The molecule has 2 aliphatic carbocycles. The molecule has 0 N–H and O–H groups in total. The van der Waals surface area contributed by atoms with Crippen LogP contribution in [0, 0.1) is 35.3 Å². The first kappa shape index (κ1) is 11.8. The van der Waals surface area contributed by atoms with E-state index in [0.29, 0.717) is 6.07 Å². The van der Waals surface area contributed by atoms with Gasteiger partial charge in [-0.3, -0.25) is 9.59 Å². The number of amides is 2. The number of carbonyl (C=O) groups excluding carboxylic acids is 2. The van der Waals surface area contributed by atoms with Crippen molar-refractivity contribution in [1.82, 2.24) is 0 Å². The number of imide groups is 1. The van der Waals surface area contributed by atoms with Crippen LogP contribution in [0.3, 0.4) is 0 Å². The van der Waals surface area contributed by atoms with Crippen molar-refractivity contribution in [2.75, 3.05) is 4.90 Å². The van der Waals surface area contributed by atoms with Crippen molar-refractivity contribution in [3.8, 4) is 0 Å². The van der Waals surface area contributed by atoms with Gasteiger partial charge >= 0.3 is 0 Å². The number of halogens is 2. The first-order valence-electron chi connectivity index (χ1n) is 6.59. The van der Waals surface area contributed by atoms with E-state index in [1.807, 2.05) is 12.2 Å². The minimum Gasteiger partial charge on any atom is -0.274 e. The molecule has 1 aromatic rings. The Kier molecular flexibility index (Phi) is 2.20. The number of rotatable bonds is 1. The van der Waals surface area contributed by atoms with Crippen molar-refractivity contribution >= 4 is 17.5 Å². The molecule has 3 aliphatic rings. The van der Waals surface area contributed by atoms with Crippen LogP contribution in [0.5, 0.6) is 0 Å². The van der Waals surface area contributed by atoms with Crippen molar-refractivity contribution in [3.05, 3.63) is 42.0 Å². The molecule has 4 rings (SSSR count). The lowest BCUT2D eigenvalue weighted by molar-refractivity contribution is -0.123. The number of hydrogen-bond donors (Lipinski definition) is 0. The Morgan fingerprint density at radius 3 is 2.15 bits per heavy atom. The fraction of sp³-hybridized carbons (Fsp3) is 0.333. The molecular formula is C15H11F2NO2. The van der Waals surface area contributed by atoms with E-state index < -0.39 is 11.6 Å². The van der Waals surface area contributed by atoms with Gasteiger partial charge in [-0.25, -0.2) is 13.7 Å². The number of anilines is 1. The van der Waals surface area contributed by atoms with Gasteiger partial charge in [-0.15, -0.1) is 0 Å². The number of benzene rings is 1. The highest BCUT2D eigenvalue weighted by atomic mass is 19.1. The molecule has 2 bridgehead atoms. The van der Waals surface area contributed by atoms with Crippen molar-refractivity contribution in [2.24, 2.45) is 23.7 Å². The molecule has 1 heterocycles. The molecule has 0 radical (unpaired) electrons. The van der Waals surface area contributed by atoms with Crippen molar-refractivity contribution in [1.29, 1.82) is 0 Å². The summed E-state index contributed by atoms with van der Waals surface area (Å²) in [5.74, 6) is -2.92. The third kappa shape index (κ3) is 1.32. The highest BCUT2D eigenvalue weighted by molar-refractivity contribution is 6.22. The monoisotopic (exact) mass is 275 g/mol. The molecule has 4 atom stereocenters. The van der Waals surface area contributed by atoms with E-state index in [1.54, 1.807) is 0 Å². The second-order valence-electron chi connectivity index (χ2n) is 5.61. The summed E-state index contributed by atoms with van der Waals surface area (Å²) >= 11 is 0. The minimum absolute atomic E-state index is 0.0787. The molecule has 0 spiro atoms. The number of hydrogen-bond acceptors (Lipinski definition) is 2. The maximum Gasteiger partial charge on any atom is 0.238 e. The Hall–Kier alpha value is -2.04. The molecule has 0 unspecified atom stereocenters. The molecular weight excluding hydrogens is 264 g/mol. The summed E-state index contributed by atoms with van der Waals surface area (Å²) in [4.78, 5) is 25.8. The average molecular weight is 275 g/mol. The summed E-state index contributed by atoms with van der Waals surface area (Å²) in [5.41, 5.74) is -0.143. The zero-order valence-corrected chi connectivity index (χ0v) is 10.4. The number of carbonyl (C=O) groups is 2. The van der Waals surface area contributed by atoms with E-state index in [2.05, 4.69) is 0 Å². The van der Waals surface area contributed by atoms with E-state index in [-0.39, 0.29) is 41.2 Å². The second kappa shape index (κ2) is 3.75. The Balaban J connectivity index is 1.78. The maximum absolute atomic E-state index is 13.8. The molecule has 0 aromatic heterocycles. The molecule has 102 valence electrons. The third-order valence-electron chi connectivity index (χ3n) is 4.62. The van der Waals surface area contributed by atoms with E-state index >= 15 is 0 Å². The van der Waals surface area contributed by atoms with Crippen LogP contribution in [0.4, 0.5) is 14.5 Å². The summed E-state index contributed by atoms with van der Waals surface area (Å²) in [6, 6.07) is 2.90. The predicted molar refractivity (Wildman–Crippen MR) is 66.6 cm³/mol. The van der Waals surface area contributed by atoms with Crippen molar-refractivity contribution < 1.29 is 18.4 Å². The number of fused-ring (bicyclic) bond motifs is 5. The lowest BCUT2D eigenvalue weighted by atomic mass is 9.85. The van der Waals surface area contributed by atoms with E-state index in [1.165, 1.54) is 0 Å². The van der Waals surface area contributed by atoms with Gasteiger partial charge in [0.1, 0.15) is 11.6 Å². The van der Waals surface area contributed by atoms with Gasteiger partial charge in [-0.2, -0.15) is 0 Å². The molecule has 1 saturated carbocycles. The highest BCUT2D eigenvalue weighted by Gasteiger charge is 2.59. The van der Waals surface area contributed by atoms with Gasteiger partial charge < -0.3 is 0 Å². The van der Waals surface area contributed by atoms with Gasteiger partial charge in [0.05, 0.1) is 17.5 Å². The fourth-order valence-corrected chi connectivity index (χ4v) is 3.80. The van der Waals surface area contributed by atoms with Crippen LogP contribution in [0.25, 0.3) is 0 Å². The summed E-state index contributed by atoms with van der Waals surface area (Å²) in [7, 11) is 0. The summed E-state index contributed by atoms with van der Waals surface area (Å²) in [6.07, 6.45) is 4.77. The van der Waals surface area contributed by atoms with Crippen LogP contribution >= 0.6 is 0 Å². The number of nitrogens with zero attached hydrogens (tertiary/aromatic N) is 1. The molecule has 5 heteroatoms. The minimum atomic E-state index is -0.882. The van der Waals surface area contributed by atoms with Gasteiger partial charge in [0.15, 0.2) is 0 Å². The fourth-order valence-electron chi connectivity index (χ4n) is 3.80. The van der Waals surface area contributed by atoms with Crippen molar-refractivity contribution in [3.63, 3.8) is 0 Å². The maximum atomic E-state index is 13.8. The lowest BCUT2D eigenvalue weighted by Crippen LogP contribution is -2.33. The van der Waals surface area contributed by atoms with Crippen LogP contribution in [0.15, 0.2) is 30.4 Å². The van der Waals surface area contributed by atoms with Gasteiger partial charge in [-0.05, 0) is 30.4 Å². The predicted octanol–water partition coefficient (Wildman–Crippen LogP) is 2.28. The summed E-state index contributed by atoms with van der Waals surface area (Å²) in [6.45, 7) is 0. The van der Waals surface area contributed by atoms with Crippen LogP contribution in [0.2, 0.25) is 0 Å². The molecule has 1 saturated heterocycles. The zero-order chi connectivity index (χ0) is 14.0. The standard InChI is InChI=1S/C15H11F2NO2/c16-9-3-4-11(10(17)6-9)18-14(19)12-7-1-2-8(5-7)13(12)15(18)20/h1-4,6-8,12-13H,5H2/t7-,8-,12+,13+/m0/s1. The Morgan fingerprint density at radius 2 is 1.60 bits per heavy atom. The van der Waals surface area contributed by atoms with Crippen LogP contribution in [-0.2, 0) is 9.59 Å². The van der Waals surface area contributed by atoms with E-state index in [0.717, 1.165) is 23.5 Å². The normalized spacial score (nSPS) is 34.2. The molecule has 2 fully saturated rings. The highest BCUT2D eigenvalue weighted by Crippen LogP contribution is 2.53. The Labute approximate surface area is 113 Å². The first-order chi connectivity index (χ1) is 9.58. The topological polar surface area (TPSA) is 37.4 Å². The molecule has 3 nitrogen and oxygen atoms in total. The number of allylic oxidation sites excluding steroid dienone is 2. The van der Waals surface area contributed by atoms with Crippen LogP contribution in [-0.4, -0.2) is 11.8 Å². The van der Waals surface area contributed by atoms with E-state index in [9.17, 15) is 18.4 Å². The summed E-state index contributed by atoms with van der Waals surface area (Å²) in [5, 5.41) is 0. The summed E-state index contributed by atoms with van der Waals surface area (Å²) < 4.78 is 26.8.